The van der Waals surface area contributed by atoms with E-state index in [1.165, 1.54) is 0 Å². The van der Waals surface area contributed by atoms with Crippen molar-refractivity contribution in [2.75, 3.05) is 6.61 Å². The molecule has 4 bridgehead atoms. The van der Waals surface area contributed by atoms with Gasteiger partial charge in [-0.15, -0.1) is 0 Å². The monoisotopic (exact) mass is 414 g/mol. The van der Waals surface area contributed by atoms with E-state index in [9.17, 15) is 30.3 Å². The van der Waals surface area contributed by atoms with Gasteiger partial charge in [-0.1, -0.05) is 13.8 Å². The molecule has 0 amide bonds. The van der Waals surface area contributed by atoms with Crippen molar-refractivity contribution in [1.29, 1.82) is 0 Å². The molecule has 3 saturated carbocycles. The number of aliphatic hydroxyl groups is 5. The molecule has 166 valence electrons. The first kappa shape index (κ1) is 21.6. The predicted molar refractivity (Wildman–Crippen MR) is 100 cm³/mol. The normalized spacial score (nSPS) is 54.8. The lowest BCUT2D eigenvalue weighted by atomic mass is 9.59. The highest BCUT2D eigenvalue weighted by Gasteiger charge is 2.75. The Balaban J connectivity index is 1.67. The Labute approximate surface area is 170 Å². The van der Waals surface area contributed by atoms with Crippen molar-refractivity contribution in [3.63, 3.8) is 0 Å². The van der Waals surface area contributed by atoms with E-state index < -0.39 is 59.8 Å². The highest BCUT2D eigenvalue weighted by Crippen LogP contribution is 2.73. The van der Waals surface area contributed by atoms with E-state index in [0.29, 0.717) is 6.42 Å². The summed E-state index contributed by atoms with van der Waals surface area (Å²) in [6.45, 7) is 6.93. The Bertz CT molecular complexity index is 672. The fraction of sp³-hybridized carbons (Fsp3) is 0.952. The van der Waals surface area contributed by atoms with Gasteiger partial charge in [0, 0.05) is 16.7 Å². The van der Waals surface area contributed by atoms with E-state index in [-0.39, 0.29) is 23.5 Å². The predicted octanol–water partition coefficient (Wildman–Crippen LogP) is -0.416. The zero-order valence-electron chi connectivity index (χ0n) is 17.5. The SMILES string of the molecule is CC(C)(O)[C@H]1C[C@H](O[C@@H]2O[C@H](CO)[C@@H](O)[C@H](O)[C@H]2O)[C@@]2(C)[C@@H]3CC[C@]2(C)C(=O)[C@@H]31. The summed E-state index contributed by atoms with van der Waals surface area (Å²) < 4.78 is 11.8. The maximum Gasteiger partial charge on any atom is 0.186 e. The van der Waals surface area contributed by atoms with Crippen LogP contribution in [0.1, 0.15) is 47.0 Å². The van der Waals surface area contributed by atoms with Crippen LogP contribution in [0.2, 0.25) is 0 Å². The van der Waals surface area contributed by atoms with Crippen LogP contribution < -0.4 is 0 Å². The molecule has 8 heteroatoms. The fourth-order valence-electron chi connectivity index (χ4n) is 6.86. The number of carbonyl (C=O) groups is 1. The van der Waals surface area contributed by atoms with Crippen molar-refractivity contribution in [2.45, 2.75) is 89.4 Å². The topological polar surface area (TPSA) is 137 Å². The second-order valence-electron chi connectivity index (χ2n) is 10.5. The number of carbonyl (C=O) groups excluding carboxylic acids is 1. The summed E-state index contributed by atoms with van der Waals surface area (Å²) in [4.78, 5) is 13.4. The van der Waals surface area contributed by atoms with Crippen molar-refractivity contribution >= 4 is 5.78 Å². The number of aliphatic hydroxyl groups excluding tert-OH is 4. The Morgan fingerprint density at radius 1 is 1.17 bits per heavy atom. The molecule has 1 heterocycles. The maximum atomic E-state index is 13.4. The van der Waals surface area contributed by atoms with Crippen LogP contribution in [0.25, 0.3) is 0 Å². The maximum absolute atomic E-state index is 13.4. The molecular formula is C21H34O8. The van der Waals surface area contributed by atoms with Crippen LogP contribution in [-0.4, -0.2) is 80.3 Å². The average Bonchev–Trinajstić information content (AvgIpc) is 2.98. The van der Waals surface area contributed by atoms with Gasteiger partial charge in [0.2, 0.25) is 0 Å². The third-order valence-electron chi connectivity index (χ3n) is 8.82. The summed E-state index contributed by atoms with van der Waals surface area (Å²) in [7, 11) is 0. The molecule has 3 aliphatic carbocycles. The minimum Gasteiger partial charge on any atom is -0.394 e. The van der Waals surface area contributed by atoms with Crippen LogP contribution in [0.15, 0.2) is 0 Å². The summed E-state index contributed by atoms with van der Waals surface area (Å²) in [5.74, 6) is -0.248. The van der Waals surface area contributed by atoms with Gasteiger partial charge >= 0.3 is 0 Å². The van der Waals surface area contributed by atoms with Crippen molar-refractivity contribution in [1.82, 2.24) is 0 Å². The third kappa shape index (κ3) is 2.73. The van der Waals surface area contributed by atoms with Crippen LogP contribution in [0.4, 0.5) is 0 Å². The van der Waals surface area contributed by atoms with Crippen LogP contribution in [0.3, 0.4) is 0 Å². The van der Waals surface area contributed by atoms with E-state index in [1.807, 2.05) is 6.92 Å². The Morgan fingerprint density at radius 2 is 1.83 bits per heavy atom. The first-order valence-electron chi connectivity index (χ1n) is 10.6. The van der Waals surface area contributed by atoms with Gasteiger partial charge in [-0.25, -0.2) is 0 Å². The molecule has 8 nitrogen and oxygen atoms in total. The van der Waals surface area contributed by atoms with Crippen molar-refractivity contribution in [3.05, 3.63) is 0 Å². The van der Waals surface area contributed by atoms with Crippen molar-refractivity contribution < 1.29 is 39.8 Å². The summed E-state index contributed by atoms with van der Waals surface area (Å²) in [5.41, 5.74) is -2.13. The van der Waals surface area contributed by atoms with E-state index in [1.54, 1.807) is 13.8 Å². The molecule has 4 aliphatic rings. The van der Waals surface area contributed by atoms with Gasteiger partial charge in [0.05, 0.1) is 18.3 Å². The van der Waals surface area contributed by atoms with Gasteiger partial charge in [-0.2, -0.15) is 0 Å². The molecule has 0 aromatic carbocycles. The zero-order valence-corrected chi connectivity index (χ0v) is 17.5. The van der Waals surface area contributed by atoms with Gasteiger partial charge in [0.15, 0.2) is 6.29 Å². The lowest BCUT2D eigenvalue weighted by Gasteiger charge is -2.51. The van der Waals surface area contributed by atoms with Gasteiger partial charge < -0.3 is 35.0 Å². The first-order valence-corrected chi connectivity index (χ1v) is 10.6. The zero-order chi connectivity index (χ0) is 21.5. The molecule has 4 fully saturated rings. The quantitative estimate of drug-likeness (QED) is 0.392. The number of ketones is 1. The number of hydrogen-bond donors (Lipinski definition) is 5. The summed E-state index contributed by atoms with van der Waals surface area (Å²) in [5, 5.41) is 50.8. The van der Waals surface area contributed by atoms with E-state index in [2.05, 4.69) is 6.92 Å². The highest BCUT2D eigenvalue weighted by atomic mass is 16.7. The van der Waals surface area contributed by atoms with Gasteiger partial charge in [-0.05, 0) is 44.9 Å². The standard InChI is InChI=1S/C21H34O8/c1-19(2,27)10-7-12(21(4)9-5-6-20(21,3)17(26)13(9)10)29-18-16(25)15(24)14(23)11(8-22)28-18/h9-16,18,22-25,27H,5-8H2,1-4H3/t9-,10+,11-,12+,13+,14-,15+,16-,18+,20-,21-/m1/s1. The third-order valence-corrected chi connectivity index (χ3v) is 8.82. The molecule has 11 atom stereocenters. The molecule has 0 unspecified atom stereocenters. The lowest BCUT2D eigenvalue weighted by molar-refractivity contribution is -0.327. The first-order chi connectivity index (χ1) is 13.4. The number of rotatable bonds is 4. The number of ether oxygens (including phenoxy) is 2. The minimum atomic E-state index is -1.52. The molecule has 0 spiro atoms. The smallest absolute Gasteiger partial charge is 0.186 e. The Morgan fingerprint density at radius 3 is 2.41 bits per heavy atom. The van der Waals surface area contributed by atoms with Gasteiger partial charge in [0.1, 0.15) is 30.2 Å². The largest absolute Gasteiger partial charge is 0.394 e. The molecule has 4 rings (SSSR count). The summed E-state index contributed by atoms with van der Waals surface area (Å²) in [6, 6.07) is 0. The van der Waals surface area contributed by atoms with Crippen LogP contribution in [-0.2, 0) is 14.3 Å². The van der Waals surface area contributed by atoms with Crippen LogP contribution >= 0.6 is 0 Å². The summed E-state index contributed by atoms with van der Waals surface area (Å²) in [6.07, 6.45) is -5.17. The van der Waals surface area contributed by atoms with Crippen LogP contribution in [0, 0.1) is 28.6 Å². The Hall–Kier alpha value is -0.610. The second kappa shape index (κ2) is 6.69. The highest BCUT2D eigenvalue weighted by molar-refractivity contribution is 5.92. The van der Waals surface area contributed by atoms with Crippen molar-refractivity contribution in [2.24, 2.45) is 28.6 Å². The minimum absolute atomic E-state index is 0.0695. The average molecular weight is 414 g/mol. The Kier molecular flexibility index (Phi) is 4.99. The molecule has 0 aromatic rings. The van der Waals surface area contributed by atoms with E-state index in [4.69, 9.17) is 9.47 Å². The molecule has 5 N–H and O–H groups in total. The number of Topliss-reactive ketones (excluding diaryl/α,β-unsaturated/α-hetero) is 1. The molecule has 0 aromatic heterocycles. The fourth-order valence-corrected chi connectivity index (χ4v) is 6.86. The van der Waals surface area contributed by atoms with Crippen LogP contribution in [0.5, 0.6) is 0 Å². The van der Waals surface area contributed by atoms with E-state index in [0.717, 1.165) is 12.8 Å². The van der Waals surface area contributed by atoms with Crippen molar-refractivity contribution in [3.8, 4) is 0 Å². The lowest BCUT2D eigenvalue weighted by Crippen LogP contribution is -2.61. The molecule has 1 saturated heterocycles. The molecule has 1 aliphatic heterocycles. The molecule has 29 heavy (non-hydrogen) atoms. The molecule has 0 radical (unpaired) electrons. The second-order valence-corrected chi connectivity index (χ2v) is 10.5. The van der Waals surface area contributed by atoms with E-state index >= 15 is 0 Å². The number of hydrogen-bond acceptors (Lipinski definition) is 8. The summed E-state index contributed by atoms with van der Waals surface area (Å²) >= 11 is 0. The van der Waals surface area contributed by atoms with Gasteiger partial charge in [0.25, 0.3) is 0 Å². The van der Waals surface area contributed by atoms with Gasteiger partial charge in [-0.3, -0.25) is 4.79 Å². The molecular weight excluding hydrogens is 380 g/mol.